The highest BCUT2D eigenvalue weighted by Gasteiger charge is 2.42. The zero-order valence-corrected chi connectivity index (χ0v) is 16.8. The highest BCUT2D eigenvalue weighted by Crippen LogP contribution is 2.39. The molecule has 8 heteroatoms. The predicted molar refractivity (Wildman–Crippen MR) is 107 cm³/mol. The fraction of sp³-hybridized carbons (Fsp3) is 0.300. The highest BCUT2D eigenvalue weighted by molar-refractivity contribution is 9.10. The zero-order chi connectivity index (χ0) is 19.6. The lowest BCUT2D eigenvalue weighted by Gasteiger charge is -2.39. The number of piperidine rings is 1. The molecule has 0 saturated carbocycles. The van der Waals surface area contributed by atoms with Crippen LogP contribution in [-0.2, 0) is 12.0 Å². The van der Waals surface area contributed by atoms with Crippen molar-refractivity contribution in [2.75, 3.05) is 13.1 Å². The van der Waals surface area contributed by atoms with E-state index in [0.29, 0.717) is 38.3 Å². The summed E-state index contributed by atoms with van der Waals surface area (Å²) in [6.07, 6.45) is 0.383. The molecule has 0 bridgehead atoms. The maximum absolute atomic E-state index is 11.3. The van der Waals surface area contributed by atoms with E-state index in [-0.39, 0.29) is 0 Å². The van der Waals surface area contributed by atoms with Crippen molar-refractivity contribution in [2.45, 2.75) is 24.8 Å². The van der Waals surface area contributed by atoms with Crippen LogP contribution in [0, 0.1) is 0 Å². The molecule has 4 rings (SSSR count). The summed E-state index contributed by atoms with van der Waals surface area (Å²) in [6.45, 7) is 1.43. The number of likely N-dealkylation sites (tertiary alicyclic amines) is 1. The van der Waals surface area contributed by atoms with E-state index in [1.165, 1.54) is 4.90 Å². The van der Waals surface area contributed by atoms with Gasteiger partial charge in [0.25, 0.3) is 0 Å². The molecule has 1 aliphatic heterocycles. The van der Waals surface area contributed by atoms with Crippen molar-refractivity contribution in [3.8, 4) is 0 Å². The molecule has 1 amide bonds. The van der Waals surface area contributed by atoms with Gasteiger partial charge < -0.3 is 10.0 Å². The number of nitrogens with zero attached hydrogens (tertiary/aromatic N) is 5. The Morgan fingerprint density at radius 2 is 1.75 bits per heavy atom. The Labute approximate surface area is 171 Å². The number of carboxylic acid groups (broad SMARTS) is 1. The summed E-state index contributed by atoms with van der Waals surface area (Å²) in [5.41, 5.74) is 1.76. The lowest BCUT2D eigenvalue weighted by atomic mass is 9.72. The van der Waals surface area contributed by atoms with Gasteiger partial charge >= 0.3 is 6.09 Å². The minimum Gasteiger partial charge on any atom is -0.465 e. The maximum atomic E-state index is 11.3. The summed E-state index contributed by atoms with van der Waals surface area (Å²) < 4.78 is 1.02. The highest BCUT2D eigenvalue weighted by atomic mass is 79.9. The SMILES string of the molecule is O=C(O)N1CCC(c2ccccc2)(c2nnn(Cc3ccc(Br)cc3)n2)CC1. The Balaban J connectivity index is 1.63. The summed E-state index contributed by atoms with van der Waals surface area (Å²) in [4.78, 5) is 14.4. The Hall–Kier alpha value is -2.74. The third-order valence-electron chi connectivity index (χ3n) is 5.33. The predicted octanol–water partition coefficient (Wildman–Crippen LogP) is 3.54. The number of hydrogen-bond donors (Lipinski definition) is 1. The molecule has 7 nitrogen and oxygen atoms in total. The average molecular weight is 442 g/mol. The molecule has 0 aliphatic carbocycles. The number of hydrogen-bond acceptors (Lipinski definition) is 4. The number of halogens is 1. The van der Waals surface area contributed by atoms with Crippen LogP contribution in [0.3, 0.4) is 0 Å². The number of carbonyl (C=O) groups is 1. The summed E-state index contributed by atoms with van der Waals surface area (Å²) in [7, 11) is 0. The smallest absolute Gasteiger partial charge is 0.407 e. The molecular weight excluding hydrogens is 422 g/mol. The van der Waals surface area contributed by atoms with Gasteiger partial charge in [0, 0.05) is 17.6 Å². The van der Waals surface area contributed by atoms with Crippen molar-refractivity contribution in [1.29, 1.82) is 0 Å². The molecule has 1 fully saturated rings. The average Bonchev–Trinajstić information content (AvgIpc) is 3.19. The Bertz CT molecular complexity index is 950. The fourth-order valence-corrected chi connectivity index (χ4v) is 4.00. The molecule has 144 valence electrons. The van der Waals surface area contributed by atoms with Gasteiger partial charge in [0.2, 0.25) is 0 Å². The second-order valence-corrected chi connectivity index (χ2v) is 7.90. The van der Waals surface area contributed by atoms with E-state index in [0.717, 1.165) is 15.6 Å². The van der Waals surface area contributed by atoms with Gasteiger partial charge in [-0.1, -0.05) is 58.4 Å². The summed E-state index contributed by atoms with van der Waals surface area (Å²) >= 11 is 3.44. The van der Waals surface area contributed by atoms with Crippen LogP contribution in [0.5, 0.6) is 0 Å². The van der Waals surface area contributed by atoms with E-state index in [2.05, 4.69) is 43.5 Å². The first-order valence-corrected chi connectivity index (χ1v) is 9.92. The first kappa shape index (κ1) is 18.6. The van der Waals surface area contributed by atoms with Gasteiger partial charge in [-0.2, -0.15) is 4.80 Å². The van der Waals surface area contributed by atoms with Crippen molar-refractivity contribution < 1.29 is 9.90 Å². The number of benzene rings is 2. The lowest BCUT2D eigenvalue weighted by molar-refractivity contribution is 0.121. The van der Waals surface area contributed by atoms with Gasteiger partial charge in [0.05, 0.1) is 12.0 Å². The molecule has 0 atom stereocenters. The van der Waals surface area contributed by atoms with Crippen LogP contribution in [0.15, 0.2) is 59.1 Å². The first-order valence-electron chi connectivity index (χ1n) is 9.13. The summed E-state index contributed by atoms with van der Waals surface area (Å²) in [5, 5.41) is 22.6. The molecule has 0 unspecified atom stereocenters. The Morgan fingerprint density at radius 1 is 1.07 bits per heavy atom. The minimum atomic E-state index is -0.881. The summed E-state index contributed by atoms with van der Waals surface area (Å²) in [5.74, 6) is 0.654. The minimum absolute atomic E-state index is 0.425. The monoisotopic (exact) mass is 441 g/mol. The lowest BCUT2D eigenvalue weighted by Crippen LogP contribution is -2.45. The van der Waals surface area contributed by atoms with Crippen LogP contribution in [0.1, 0.15) is 29.8 Å². The van der Waals surface area contributed by atoms with E-state index in [1.54, 1.807) is 4.80 Å². The van der Waals surface area contributed by atoms with Crippen LogP contribution >= 0.6 is 15.9 Å². The molecule has 1 aliphatic rings. The van der Waals surface area contributed by atoms with Crippen molar-refractivity contribution in [2.24, 2.45) is 0 Å². The topological polar surface area (TPSA) is 84.1 Å². The molecular formula is C20H20BrN5O2. The van der Waals surface area contributed by atoms with Gasteiger partial charge in [-0.15, -0.1) is 10.2 Å². The zero-order valence-electron chi connectivity index (χ0n) is 15.2. The molecule has 2 aromatic carbocycles. The number of amides is 1. The van der Waals surface area contributed by atoms with Crippen molar-refractivity contribution >= 4 is 22.0 Å². The van der Waals surface area contributed by atoms with Gasteiger partial charge in [-0.05, 0) is 41.3 Å². The molecule has 1 aromatic heterocycles. The van der Waals surface area contributed by atoms with Gasteiger partial charge in [-0.25, -0.2) is 4.79 Å². The normalized spacial score (nSPS) is 16.1. The molecule has 0 spiro atoms. The van der Waals surface area contributed by atoms with Crippen LogP contribution < -0.4 is 0 Å². The largest absolute Gasteiger partial charge is 0.465 e. The van der Waals surface area contributed by atoms with Gasteiger partial charge in [0.1, 0.15) is 0 Å². The first-order chi connectivity index (χ1) is 13.6. The quantitative estimate of drug-likeness (QED) is 0.668. The van der Waals surface area contributed by atoms with E-state index in [4.69, 9.17) is 0 Å². The molecule has 3 aromatic rings. The van der Waals surface area contributed by atoms with Crippen LogP contribution in [0.4, 0.5) is 4.79 Å². The van der Waals surface area contributed by atoms with E-state index in [9.17, 15) is 9.90 Å². The molecule has 28 heavy (non-hydrogen) atoms. The third-order valence-corrected chi connectivity index (χ3v) is 5.86. The Morgan fingerprint density at radius 3 is 2.39 bits per heavy atom. The van der Waals surface area contributed by atoms with Crippen LogP contribution in [0.2, 0.25) is 0 Å². The fourth-order valence-electron chi connectivity index (χ4n) is 3.73. The molecule has 1 N–H and O–H groups in total. The number of rotatable bonds is 4. The van der Waals surface area contributed by atoms with Crippen LogP contribution in [0.25, 0.3) is 0 Å². The Kier molecular flexibility index (Phi) is 5.13. The van der Waals surface area contributed by atoms with Gasteiger partial charge in [-0.3, -0.25) is 0 Å². The maximum Gasteiger partial charge on any atom is 0.407 e. The second kappa shape index (κ2) is 7.71. The molecule has 0 radical (unpaired) electrons. The van der Waals surface area contributed by atoms with E-state index >= 15 is 0 Å². The van der Waals surface area contributed by atoms with Crippen LogP contribution in [-0.4, -0.2) is 49.4 Å². The van der Waals surface area contributed by atoms with E-state index in [1.807, 2.05) is 42.5 Å². The third kappa shape index (κ3) is 3.64. The molecule has 2 heterocycles. The van der Waals surface area contributed by atoms with Crippen molar-refractivity contribution in [3.05, 3.63) is 76.0 Å². The van der Waals surface area contributed by atoms with Gasteiger partial charge in [0.15, 0.2) is 5.82 Å². The number of tetrazole rings is 1. The van der Waals surface area contributed by atoms with E-state index < -0.39 is 11.5 Å². The summed E-state index contributed by atoms with van der Waals surface area (Å²) in [6, 6.07) is 18.1. The van der Waals surface area contributed by atoms with Crippen molar-refractivity contribution in [3.63, 3.8) is 0 Å². The standard InChI is InChI=1S/C20H20BrN5O2/c21-17-8-6-15(7-9-17)14-26-23-18(22-24-26)20(16-4-2-1-3-5-16)10-12-25(13-11-20)19(27)28/h1-9H,10-14H2,(H,27,28). The van der Waals surface area contributed by atoms with Crippen molar-refractivity contribution in [1.82, 2.24) is 25.1 Å². The second-order valence-electron chi connectivity index (χ2n) is 6.99. The molecule has 1 saturated heterocycles. The number of aromatic nitrogens is 4.